The van der Waals surface area contributed by atoms with Crippen LogP contribution in [0.1, 0.15) is 19.3 Å². The van der Waals surface area contributed by atoms with Crippen molar-refractivity contribution in [1.29, 1.82) is 0 Å². The molecule has 0 heterocycles. The number of aliphatic carboxylic acids is 1. The molecule has 0 fully saturated rings. The van der Waals surface area contributed by atoms with Crippen LogP contribution in [0.15, 0.2) is 4.99 Å². The summed E-state index contributed by atoms with van der Waals surface area (Å²) < 4.78 is 0. The van der Waals surface area contributed by atoms with Crippen LogP contribution in [0.4, 0.5) is 0 Å². The molecule has 184 valence electrons. The number of thioether (sulfide) groups is 1. The van der Waals surface area contributed by atoms with E-state index in [1.54, 1.807) is 6.26 Å². The van der Waals surface area contributed by atoms with Crippen molar-refractivity contribution >= 4 is 41.4 Å². The number of carboxylic acids is 1. The maximum atomic E-state index is 12.4. The van der Waals surface area contributed by atoms with Crippen molar-refractivity contribution in [3.05, 3.63) is 0 Å². The lowest BCUT2D eigenvalue weighted by Gasteiger charge is -2.23. The van der Waals surface area contributed by atoms with Crippen molar-refractivity contribution in [1.82, 2.24) is 16.0 Å². The number of nitrogens with two attached hydrogens (primary N) is 3. The fraction of sp³-hybridized carbons (Fsp3) is 0.706. The molecule has 0 aliphatic carbocycles. The highest BCUT2D eigenvalue weighted by atomic mass is 32.2. The predicted molar refractivity (Wildman–Crippen MR) is 118 cm³/mol. The quantitative estimate of drug-likeness (QED) is 0.0580. The second-order valence-corrected chi connectivity index (χ2v) is 7.71. The van der Waals surface area contributed by atoms with E-state index >= 15 is 0 Å². The Hall–Kier alpha value is -2.62. The van der Waals surface area contributed by atoms with Crippen LogP contribution in [-0.2, 0) is 19.2 Å². The van der Waals surface area contributed by atoms with Crippen LogP contribution in [0.5, 0.6) is 0 Å². The molecular weight excluding hydrogens is 446 g/mol. The third kappa shape index (κ3) is 11.7. The highest BCUT2D eigenvalue weighted by Gasteiger charge is 2.29. The molecule has 14 nitrogen and oxygen atoms in total. The summed E-state index contributed by atoms with van der Waals surface area (Å²) in [7, 11) is 0. The van der Waals surface area contributed by atoms with Gasteiger partial charge in [-0.3, -0.25) is 19.4 Å². The molecule has 0 aromatic rings. The van der Waals surface area contributed by atoms with E-state index in [1.807, 2.05) is 0 Å². The van der Waals surface area contributed by atoms with Gasteiger partial charge in [-0.15, -0.1) is 0 Å². The smallest absolute Gasteiger partial charge is 0.326 e. The largest absolute Gasteiger partial charge is 0.480 e. The van der Waals surface area contributed by atoms with Gasteiger partial charge in [-0.25, -0.2) is 4.79 Å². The third-order valence-corrected chi connectivity index (χ3v) is 4.80. The molecule has 0 aromatic carbocycles. The molecule has 4 unspecified atom stereocenters. The van der Waals surface area contributed by atoms with Crippen molar-refractivity contribution in [2.24, 2.45) is 22.2 Å². The number of aliphatic hydroxyl groups excluding tert-OH is 2. The monoisotopic (exact) mass is 479 g/mol. The van der Waals surface area contributed by atoms with Crippen LogP contribution in [-0.4, -0.2) is 101 Å². The van der Waals surface area contributed by atoms with Crippen LogP contribution in [0, 0.1) is 0 Å². The summed E-state index contributed by atoms with van der Waals surface area (Å²) in [6.07, 6.45) is 2.52. The van der Waals surface area contributed by atoms with Crippen molar-refractivity contribution in [3.8, 4) is 0 Å². The van der Waals surface area contributed by atoms with Crippen molar-refractivity contribution in [2.45, 2.75) is 43.4 Å². The average Bonchev–Trinajstić information content (AvgIpc) is 2.74. The number of nitrogens with one attached hydrogen (secondary N) is 3. The Bertz CT molecular complexity index is 661. The summed E-state index contributed by atoms with van der Waals surface area (Å²) in [6, 6.07) is -5.14. The van der Waals surface area contributed by atoms with Gasteiger partial charge in [0.25, 0.3) is 0 Å². The molecule has 3 amide bonds. The summed E-state index contributed by atoms with van der Waals surface area (Å²) in [6.45, 7) is -1.37. The topological polar surface area (TPSA) is 255 Å². The molecule has 15 heteroatoms. The number of guanidine groups is 1. The van der Waals surface area contributed by atoms with Crippen molar-refractivity contribution < 1.29 is 34.5 Å². The number of carbonyl (C=O) groups excluding carboxylic acids is 3. The van der Waals surface area contributed by atoms with E-state index in [1.165, 1.54) is 11.8 Å². The summed E-state index contributed by atoms with van der Waals surface area (Å²) in [5.74, 6) is -3.49. The second kappa shape index (κ2) is 16.1. The molecule has 0 bridgehead atoms. The van der Waals surface area contributed by atoms with Gasteiger partial charge >= 0.3 is 5.97 Å². The third-order valence-electron chi connectivity index (χ3n) is 4.16. The Labute approximate surface area is 189 Å². The number of carbonyl (C=O) groups is 4. The maximum Gasteiger partial charge on any atom is 0.326 e. The van der Waals surface area contributed by atoms with Crippen LogP contribution in [0.3, 0.4) is 0 Å². The fourth-order valence-corrected chi connectivity index (χ4v) is 2.83. The molecule has 0 aliphatic heterocycles. The van der Waals surface area contributed by atoms with Gasteiger partial charge in [0, 0.05) is 6.54 Å². The highest BCUT2D eigenvalue weighted by Crippen LogP contribution is 2.02. The number of hydrogen-bond donors (Lipinski definition) is 9. The molecule has 0 spiro atoms. The van der Waals surface area contributed by atoms with E-state index in [4.69, 9.17) is 17.2 Å². The minimum Gasteiger partial charge on any atom is -0.480 e. The zero-order chi connectivity index (χ0) is 24.7. The second-order valence-electron chi connectivity index (χ2n) is 6.72. The first-order valence-electron chi connectivity index (χ1n) is 9.72. The van der Waals surface area contributed by atoms with Crippen molar-refractivity contribution in [2.75, 3.05) is 31.8 Å². The van der Waals surface area contributed by atoms with Crippen LogP contribution in [0.25, 0.3) is 0 Å². The van der Waals surface area contributed by atoms with E-state index in [2.05, 4.69) is 20.9 Å². The minimum absolute atomic E-state index is 0.0959. The molecule has 32 heavy (non-hydrogen) atoms. The highest BCUT2D eigenvalue weighted by molar-refractivity contribution is 7.98. The number of nitrogens with zero attached hydrogens (tertiary/aromatic N) is 1. The van der Waals surface area contributed by atoms with Gasteiger partial charge < -0.3 is 48.5 Å². The Morgan fingerprint density at radius 2 is 1.41 bits per heavy atom. The molecule has 0 radical (unpaired) electrons. The van der Waals surface area contributed by atoms with Gasteiger partial charge in [0.15, 0.2) is 5.96 Å². The first kappa shape index (κ1) is 29.4. The number of carboxylic acid groups (broad SMARTS) is 1. The lowest BCUT2D eigenvalue weighted by atomic mass is 10.1. The molecule has 0 aliphatic rings. The number of rotatable bonds is 16. The predicted octanol–water partition coefficient (Wildman–Crippen LogP) is -4.36. The summed E-state index contributed by atoms with van der Waals surface area (Å²) in [5, 5.41) is 34.7. The van der Waals surface area contributed by atoms with E-state index in [-0.39, 0.29) is 25.3 Å². The molecule has 0 saturated heterocycles. The lowest BCUT2D eigenvalue weighted by Crippen LogP contribution is -2.59. The van der Waals surface area contributed by atoms with Crippen LogP contribution >= 0.6 is 11.8 Å². The Kier molecular flexibility index (Phi) is 14.8. The van der Waals surface area contributed by atoms with Crippen molar-refractivity contribution in [3.63, 3.8) is 0 Å². The number of aliphatic imine (C=N–C) groups is 1. The molecule has 0 rings (SSSR count). The van der Waals surface area contributed by atoms with Gasteiger partial charge in [-0.2, -0.15) is 11.8 Å². The van der Waals surface area contributed by atoms with E-state index in [0.717, 1.165) is 0 Å². The van der Waals surface area contributed by atoms with E-state index in [0.29, 0.717) is 12.2 Å². The van der Waals surface area contributed by atoms with Crippen LogP contribution < -0.4 is 33.2 Å². The van der Waals surface area contributed by atoms with Crippen LogP contribution in [0.2, 0.25) is 0 Å². The minimum atomic E-state index is -1.49. The zero-order valence-electron chi connectivity index (χ0n) is 17.8. The van der Waals surface area contributed by atoms with Gasteiger partial charge in [-0.1, -0.05) is 0 Å². The van der Waals surface area contributed by atoms with E-state index < -0.39 is 61.1 Å². The molecule has 12 N–H and O–H groups in total. The van der Waals surface area contributed by atoms with Gasteiger partial charge in [0.05, 0.1) is 19.3 Å². The number of hydrogen-bond acceptors (Lipinski definition) is 9. The Balaban J connectivity index is 4.85. The summed E-state index contributed by atoms with van der Waals surface area (Å²) >= 11 is 1.39. The standard InChI is InChI=1S/C17H33N7O7S/c1-32-6-4-10(16(30)31)22-14(28)12(8-26)24-15(29)11(7-25)23-13(27)9(18)3-2-5-21-17(19)20/h9-12,25-26H,2-8,18H2,1H3,(H,22,28)(H,23,27)(H,24,29)(H,30,31)(H4,19,20,21). The maximum absolute atomic E-state index is 12.4. The van der Waals surface area contributed by atoms with Gasteiger partial charge in [0.2, 0.25) is 17.7 Å². The molecule has 4 atom stereocenters. The van der Waals surface area contributed by atoms with Gasteiger partial charge in [0.1, 0.15) is 18.1 Å². The first-order chi connectivity index (χ1) is 15.1. The fourth-order valence-electron chi connectivity index (χ4n) is 2.36. The first-order valence-corrected chi connectivity index (χ1v) is 11.1. The normalized spacial score (nSPS) is 14.4. The summed E-state index contributed by atoms with van der Waals surface area (Å²) in [4.78, 5) is 51.8. The van der Waals surface area contributed by atoms with Gasteiger partial charge in [-0.05, 0) is 31.3 Å². The number of amides is 3. The Morgan fingerprint density at radius 3 is 1.84 bits per heavy atom. The lowest BCUT2D eigenvalue weighted by molar-refractivity contribution is -0.142. The average molecular weight is 480 g/mol. The molecular formula is C17H33N7O7S. The summed E-state index contributed by atoms with van der Waals surface area (Å²) in [5.41, 5.74) is 16.1. The zero-order valence-corrected chi connectivity index (χ0v) is 18.6. The van der Waals surface area contributed by atoms with E-state index in [9.17, 15) is 34.5 Å². The Morgan fingerprint density at radius 1 is 0.906 bits per heavy atom. The number of aliphatic hydroxyl groups is 2. The SMILES string of the molecule is CSCCC(NC(=O)C(CO)NC(=O)C(CO)NC(=O)C(N)CCCN=C(N)N)C(=O)O. The molecule has 0 aromatic heterocycles. The molecule has 0 saturated carbocycles.